The van der Waals surface area contributed by atoms with Crippen LogP contribution in [0.15, 0.2) is 85.2 Å². The van der Waals surface area contributed by atoms with Crippen molar-refractivity contribution in [3.63, 3.8) is 0 Å². The summed E-state index contributed by atoms with van der Waals surface area (Å²) in [6.07, 6.45) is 3.22. The van der Waals surface area contributed by atoms with Gasteiger partial charge in [0, 0.05) is 0 Å². The van der Waals surface area contributed by atoms with E-state index in [1.54, 1.807) is 70.3 Å². The van der Waals surface area contributed by atoms with Crippen LogP contribution < -0.4 is 0 Å². The minimum Gasteiger partial charge on any atom is -0.508 e. The van der Waals surface area contributed by atoms with E-state index in [-0.39, 0.29) is 28.0 Å². The zero-order valence-electron chi connectivity index (χ0n) is 19.0. The smallest absolute Gasteiger partial charge is 0.134 e. The molecule has 0 aliphatic carbocycles. The zero-order valence-corrected chi connectivity index (χ0v) is 19.8. The lowest BCUT2D eigenvalue weighted by Gasteiger charge is -2.06. The monoisotopic (exact) mass is 500 g/mol. The Labute approximate surface area is 210 Å². The zero-order chi connectivity index (χ0) is 25.4. The van der Waals surface area contributed by atoms with Gasteiger partial charge < -0.3 is 20.4 Å². The number of phenols is 4. The molecule has 0 atom stereocenters. The van der Waals surface area contributed by atoms with Crippen LogP contribution >= 0.6 is 11.6 Å². The van der Waals surface area contributed by atoms with Gasteiger partial charge in [0.2, 0.25) is 0 Å². The van der Waals surface area contributed by atoms with Gasteiger partial charge in [0.25, 0.3) is 0 Å². The van der Waals surface area contributed by atoms with Crippen LogP contribution in [0.25, 0.3) is 33.2 Å². The molecule has 0 radical (unpaired) electrons. The van der Waals surface area contributed by atoms with Crippen molar-refractivity contribution in [2.45, 2.75) is 6.92 Å². The number of rotatable bonds is 2. The van der Waals surface area contributed by atoms with Crippen molar-refractivity contribution in [3.05, 3.63) is 95.8 Å². The molecular weight excluding hydrogens is 480 g/mol. The topological polar surface area (TPSA) is 117 Å². The molecule has 0 saturated carbocycles. The Morgan fingerprint density at radius 3 is 1.61 bits per heavy atom. The number of nitrogens with zero attached hydrogens (tertiary/aromatic N) is 4. The fraction of sp³-hybridized carbons (Fsp3) is 0.0370. The molecule has 2 aromatic heterocycles. The number of aromatic nitrogens is 4. The highest BCUT2D eigenvalue weighted by Crippen LogP contribution is 2.30. The van der Waals surface area contributed by atoms with Gasteiger partial charge in [-0.1, -0.05) is 23.7 Å². The third-order valence-corrected chi connectivity index (χ3v) is 6.08. The van der Waals surface area contributed by atoms with E-state index in [1.807, 2.05) is 25.1 Å². The third kappa shape index (κ3) is 4.14. The summed E-state index contributed by atoms with van der Waals surface area (Å²) in [5.74, 6) is 0.690. The standard InChI is InChI=1S/C14H12N2O2.C13H9ClN2O2/c1-9-7-10(5-6-13(9)17)16-12-3-2-4-14(18)11(12)8-15-16;14-10-6-8(4-5-13(10)18)16-11-2-1-3-12(17)9(11)7-15-16/h2-8,17-18H,1H3;1-7,17-18H. The van der Waals surface area contributed by atoms with Crippen molar-refractivity contribution in [1.29, 1.82) is 0 Å². The number of phenolic OH excluding ortho intramolecular Hbond substituents is 4. The van der Waals surface area contributed by atoms with E-state index in [9.17, 15) is 20.4 Å². The lowest BCUT2D eigenvalue weighted by Crippen LogP contribution is -1.96. The van der Waals surface area contributed by atoms with Crippen molar-refractivity contribution in [2.24, 2.45) is 0 Å². The Bertz CT molecular complexity index is 1600. The molecule has 0 fully saturated rings. The van der Waals surface area contributed by atoms with Gasteiger partial charge in [-0.25, -0.2) is 9.36 Å². The average molecular weight is 501 g/mol. The van der Waals surface area contributed by atoms with E-state index in [1.165, 1.54) is 6.07 Å². The maximum Gasteiger partial charge on any atom is 0.134 e. The molecule has 0 spiro atoms. The Morgan fingerprint density at radius 2 is 1.11 bits per heavy atom. The first-order valence-electron chi connectivity index (χ1n) is 10.9. The lowest BCUT2D eigenvalue weighted by molar-refractivity contribution is 0.471. The predicted octanol–water partition coefficient (Wildman–Crippen LogP) is 5.84. The summed E-state index contributed by atoms with van der Waals surface area (Å²) in [5.41, 5.74) is 3.97. The van der Waals surface area contributed by atoms with Gasteiger partial charge in [-0.15, -0.1) is 0 Å². The largest absolute Gasteiger partial charge is 0.508 e. The summed E-state index contributed by atoms with van der Waals surface area (Å²) in [6, 6.07) is 20.6. The number of benzene rings is 4. The fourth-order valence-electron chi connectivity index (χ4n) is 3.88. The first-order valence-corrected chi connectivity index (χ1v) is 11.3. The molecular formula is C27H21ClN4O4. The van der Waals surface area contributed by atoms with Gasteiger partial charge in [0.05, 0.1) is 50.6 Å². The van der Waals surface area contributed by atoms with Gasteiger partial charge in [0.15, 0.2) is 0 Å². The first-order chi connectivity index (χ1) is 17.3. The fourth-order valence-corrected chi connectivity index (χ4v) is 4.06. The Hall–Kier alpha value is -4.69. The molecule has 0 bridgehead atoms. The van der Waals surface area contributed by atoms with E-state index >= 15 is 0 Å². The molecule has 180 valence electrons. The lowest BCUT2D eigenvalue weighted by atomic mass is 10.2. The predicted molar refractivity (Wildman–Crippen MR) is 139 cm³/mol. The number of aromatic hydroxyl groups is 4. The molecule has 36 heavy (non-hydrogen) atoms. The SMILES string of the molecule is Cc1cc(-n2ncc3c(O)cccc32)ccc1O.Oc1ccc(-n2ncc3c(O)cccc32)cc1Cl. The van der Waals surface area contributed by atoms with Crippen LogP contribution in [0.5, 0.6) is 23.0 Å². The Morgan fingerprint density at radius 1 is 0.611 bits per heavy atom. The van der Waals surface area contributed by atoms with E-state index in [0.29, 0.717) is 10.8 Å². The average Bonchev–Trinajstić information content (AvgIpc) is 3.50. The minimum atomic E-state index is 0.0275. The second-order valence-electron chi connectivity index (χ2n) is 8.14. The van der Waals surface area contributed by atoms with Crippen LogP contribution in [0.1, 0.15) is 5.56 Å². The van der Waals surface area contributed by atoms with Gasteiger partial charge >= 0.3 is 0 Å². The van der Waals surface area contributed by atoms with Crippen LogP contribution in [0.3, 0.4) is 0 Å². The van der Waals surface area contributed by atoms with Crippen molar-refractivity contribution >= 4 is 33.4 Å². The number of aryl methyl sites for hydroxylation is 1. The number of hydrogen-bond donors (Lipinski definition) is 4. The summed E-state index contributed by atoms with van der Waals surface area (Å²) in [6.45, 7) is 1.84. The minimum absolute atomic E-state index is 0.0275. The Balaban J connectivity index is 0.000000148. The summed E-state index contributed by atoms with van der Waals surface area (Å²) >= 11 is 5.87. The molecule has 4 aromatic carbocycles. The van der Waals surface area contributed by atoms with Gasteiger partial charge in [0.1, 0.15) is 23.0 Å². The highest BCUT2D eigenvalue weighted by atomic mass is 35.5. The molecule has 2 heterocycles. The summed E-state index contributed by atoms with van der Waals surface area (Å²) < 4.78 is 3.39. The van der Waals surface area contributed by atoms with Crippen molar-refractivity contribution < 1.29 is 20.4 Å². The van der Waals surface area contributed by atoms with E-state index in [0.717, 1.165) is 28.0 Å². The highest BCUT2D eigenvalue weighted by Gasteiger charge is 2.10. The van der Waals surface area contributed by atoms with E-state index in [2.05, 4.69) is 10.2 Å². The maximum absolute atomic E-state index is 9.74. The number of fused-ring (bicyclic) bond motifs is 2. The molecule has 6 aromatic rings. The molecule has 9 heteroatoms. The van der Waals surface area contributed by atoms with E-state index < -0.39 is 0 Å². The van der Waals surface area contributed by atoms with Crippen LogP contribution in [0, 0.1) is 6.92 Å². The molecule has 4 N–H and O–H groups in total. The molecule has 0 aliphatic rings. The molecule has 6 rings (SSSR count). The van der Waals surface area contributed by atoms with Crippen LogP contribution in [0.2, 0.25) is 5.02 Å². The molecule has 8 nitrogen and oxygen atoms in total. The quantitative estimate of drug-likeness (QED) is 0.237. The van der Waals surface area contributed by atoms with Crippen LogP contribution in [-0.4, -0.2) is 40.0 Å². The summed E-state index contributed by atoms with van der Waals surface area (Å²) in [7, 11) is 0. The van der Waals surface area contributed by atoms with E-state index in [4.69, 9.17) is 11.6 Å². The third-order valence-electron chi connectivity index (χ3n) is 5.78. The summed E-state index contributed by atoms with van der Waals surface area (Å²) in [5, 5.41) is 48.5. The normalized spacial score (nSPS) is 10.9. The molecule has 0 unspecified atom stereocenters. The molecule has 0 saturated heterocycles. The number of halogens is 1. The molecule has 0 amide bonds. The van der Waals surface area contributed by atoms with Gasteiger partial charge in [-0.3, -0.25) is 0 Å². The van der Waals surface area contributed by atoms with Crippen LogP contribution in [0.4, 0.5) is 0 Å². The van der Waals surface area contributed by atoms with Crippen molar-refractivity contribution in [1.82, 2.24) is 19.6 Å². The van der Waals surface area contributed by atoms with Gasteiger partial charge in [-0.2, -0.15) is 10.2 Å². The highest BCUT2D eigenvalue weighted by molar-refractivity contribution is 6.32. The van der Waals surface area contributed by atoms with Crippen molar-refractivity contribution in [3.8, 4) is 34.4 Å². The Kier molecular flexibility index (Phi) is 5.87. The number of hydrogen-bond acceptors (Lipinski definition) is 6. The second-order valence-corrected chi connectivity index (χ2v) is 8.55. The van der Waals surface area contributed by atoms with Gasteiger partial charge in [-0.05, 0) is 73.2 Å². The molecule has 0 aliphatic heterocycles. The first kappa shape index (κ1) is 23.1. The second kappa shape index (κ2) is 9.16. The summed E-state index contributed by atoms with van der Waals surface area (Å²) in [4.78, 5) is 0. The maximum atomic E-state index is 9.74. The van der Waals surface area contributed by atoms with Crippen molar-refractivity contribution in [2.75, 3.05) is 0 Å². The van der Waals surface area contributed by atoms with Crippen LogP contribution in [-0.2, 0) is 0 Å².